The topological polar surface area (TPSA) is 68.9 Å². The second kappa shape index (κ2) is 5.01. The largest absolute Gasteiger partial charge is 0.486 e. The molecule has 0 amide bonds. The zero-order valence-corrected chi connectivity index (χ0v) is 10.3. The second-order valence-corrected chi connectivity index (χ2v) is 3.99. The van der Waals surface area contributed by atoms with Crippen LogP contribution in [0.5, 0.6) is 5.75 Å². The molecule has 1 aromatic carbocycles. The highest BCUT2D eigenvalue weighted by atomic mass is 32.1. The molecule has 1 heterocycles. The molecule has 0 saturated heterocycles. The van der Waals surface area contributed by atoms with Crippen LogP contribution in [0.1, 0.15) is 18.3 Å². The molecule has 90 valence electrons. The third-order valence-electron chi connectivity index (χ3n) is 2.48. The summed E-state index contributed by atoms with van der Waals surface area (Å²) in [4.78, 5) is 0. The molecule has 6 heteroatoms. The number of aromatic amines is 1. The number of nitrogen functional groups attached to an aromatic ring is 1. The fourth-order valence-corrected chi connectivity index (χ4v) is 1.56. The highest BCUT2D eigenvalue weighted by molar-refractivity contribution is 7.71. The number of H-pyrrole nitrogens is 1. The SMILES string of the molecule is CCc1ccc(OCc2n[nH]c(=S)n2N)cc1. The van der Waals surface area contributed by atoms with Gasteiger partial charge < -0.3 is 10.6 Å². The zero-order valence-electron chi connectivity index (χ0n) is 9.51. The lowest BCUT2D eigenvalue weighted by Crippen LogP contribution is -2.14. The molecule has 0 spiro atoms. The molecule has 0 aliphatic heterocycles. The van der Waals surface area contributed by atoms with Crippen LogP contribution in [-0.2, 0) is 13.0 Å². The van der Waals surface area contributed by atoms with Crippen molar-refractivity contribution in [2.24, 2.45) is 0 Å². The summed E-state index contributed by atoms with van der Waals surface area (Å²) in [5.74, 6) is 7.00. The van der Waals surface area contributed by atoms with E-state index in [9.17, 15) is 0 Å². The second-order valence-electron chi connectivity index (χ2n) is 3.60. The summed E-state index contributed by atoms with van der Waals surface area (Å²) in [6.45, 7) is 2.40. The fraction of sp³-hybridized carbons (Fsp3) is 0.273. The molecular weight excluding hydrogens is 236 g/mol. The molecule has 0 bridgehead atoms. The molecule has 2 aromatic rings. The number of hydrogen-bond donors (Lipinski definition) is 2. The molecule has 17 heavy (non-hydrogen) atoms. The average molecular weight is 250 g/mol. The molecule has 0 aliphatic rings. The number of aryl methyl sites for hydroxylation is 1. The number of nitrogens with two attached hydrogens (primary N) is 1. The summed E-state index contributed by atoms with van der Waals surface area (Å²) in [5.41, 5.74) is 1.28. The van der Waals surface area contributed by atoms with E-state index in [0.29, 0.717) is 10.6 Å². The highest BCUT2D eigenvalue weighted by Crippen LogP contribution is 2.13. The van der Waals surface area contributed by atoms with Crippen molar-refractivity contribution in [2.75, 3.05) is 5.84 Å². The van der Waals surface area contributed by atoms with Gasteiger partial charge in [-0.15, -0.1) is 0 Å². The van der Waals surface area contributed by atoms with Crippen LogP contribution in [0.15, 0.2) is 24.3 Å². The van der Waals surface area contributed by atoms with Crippen LogP contribution in [0.25, 0.3) is 0 Å². The van der Waals surface area contributed by atoms with Crippen molar-refractivity contribution in [1.82, 2.24) is 14.9 Å². The summed E-state index contributed by atoms with van der Waals surface area (Å²) in [5, 5.41) is 6.56. The Kier molecular flexibility index (Phi) is 3.43. The first-order valence-electron chi connectivity index (χ1n) is 5.34. The molecule has 0 fully saturated rings. The van der Waals surface area contributed by atoms with E-state index in [-0.39, 0.29) is 6.61 Å². The van der Waals surface area contributed by atoms with Gasteiger partial charge >= 0.3 is 0 Å². The van der Waals surface area contributed by atoms with Crippen molar-refractivity contribution in [1.29, 1.82) is 0 Å². The van der Waals surface area contributed by atoms with Crippen molar-refractivity contribution >= 4 is 12.2 Å². The molecule has 2 rings (SSSR count). The van der Waals surface area contributed by atoms with E-state index in [2.05, 4.69) is 17.1 Å². The van der Waals surface area contributed by atoms with Gasteiger partial charge in [0.15, 0.2) is 5.82 Å². The van der Waals surface area contributed by atoms with E-state index in [1.54, 1.807) is 0 Å². The van der Waals surface area contributed by atoms with Gasteiger partial charge in [-0.25, -0.2) is 4.68 Å². The Morgan fingerprint density at radius 1 is 1.41 bits per heavy atom. The van der Waals surface area contributed by atoms with Crippen LogP contribution in [0.2, 0.25) is 0 Å². The van der Waals surface area contributed by atoms with Gasteiger partial charge in [0.2, 0.25) is 4.77 Å². The highest BCUT2D eigenvalue weighted by Gasteiger charge is 2.03. The molecule has 0 radical (unpaired) electrons. The summed E-state index contributed by atoms with van der Waals surface area (Å²) < 4.78 is 7.24. The smallest absolute Gasteiger partial charge is 0.214 e. The molecule has 3 N–H and O–H groups in total. The van der Waals surface area contributed by atoms with Gasteiger partial charge in [0, 0.05) is 0 Å². The number of ether oxygens (including phenoxy) is 1. The van der Waals surface area contributed by atoms with Gasteiger partial charge in [-0.05, 0) is 36.3 Å². The van der Waals surface area contributed by atoms with Crippen LogP contribution in [0.4, 0.5) is 0 Å². The minimum atomic E-state index is 0.287. The summed E-state index contributed by atoms with van der Waals surface area (Å²) in [7, 11) is 0. The van der Waals surface area contributed by atoms with Gasteiger partial charge in [-0.1, -0.05) is 19.1 Å². The molecule has 0 atom stereocenters. The first-order valence-corrected chi connectivity index (χ1v) is 5.74. The first-order chi connectivity index (χ1) is 8.20. The van der Waals surface area contributed by atoms with E-state index < -0.39 is 0 Å². The number of nitrogens with zero attached hydrogens (tertiary/aromatic N) is 2. The van der Waals surface area contributed by atoms with Crippen LogP contribution < -0.4 is 10.6 Å². The van der Waals surface area contributed by atoms with Gasteiger partial charge in [0.1, 0.15) is 12.4 Å². The van der Waals surface area contributed by atoms with Crippen LogP contribution in [0.3, 0.4) is 0 Å². The lowest BCUT2D eigenvalue weighted by Gasteiger charge is -2.05. The predicted octanol–water partition coefficient (Wildman–Crippen LogP) is 1.80. The van der Waals surface area contributed by atoms with Gasteiger partial charge in [0.05, 0.1) is 0 Å². The Bertz CT molecular complexity index is 543. The summed E-state index contributed by atoms with van der Waals surface area (Å²) in [6.07, 6.45) is 1.02. The van der Waals surface area contributed by atoms with Crippen molar-refractivity contribution in [3.05, 3.63) is 40.4 Å². The summed E-state index contributed by atoms with van der Waals surface area (Å²) >= 11 is 4.90. The Balaban J connectivity index is 2.02. The lowest BCUT2D eigenvalue weighted by molar-refractivity contribution is 0.292. The molecule has 1 aromatic heterocycles. The van der Waals surface area contributed by atoms with E-state index in [0.717, 1.165) is 12.2 Å². The van der Waals surface area contributed by atoms with Crippen molar-refractivity contribution in [3.8, 4) is 5.75 Å². The average Bonchev–Trinajstić information content (AvgIpc) is 2.68. The minimum absolute atomic E-state index is 0.287. The quantitative estimate of drug-likeness (QED) is 0.641. The normalized spacial score (nSPS) is 10.4. The molecule has 5 nitrogen and oxygen atoms in total. The van der Waals surface area contributed by atoms with E-state index in [1.165, 1.54) is 10.2 Å². The number of hydrogen-bond acceptors (Lipinski definition) is 4. The van der Waals surface area contributed by atoms with Gasteiger partial charge in [-0.3, -0.25) is 5.10 Å². The Labute approximate surface area is 104 Å². The van der Waals surface area contributed by atoms with Gasteiger partial charge in [-0.2, -0.15) is 5.10 Å². The van der Waals surface area contributed by atoms with Crippen molar-refractivity contribution in [2.45, 2.75) is 20.0 Å². The lowest BCUT2D eigenvalue weighted by atomic mass is 10.2. The van der Waals surface area contributed by atoms with E-state index >= 15 is 0 Å². The third-order valence-corrected chi connectivity index (χ3v) is 2.76. The fourth-order valence-electron chi connectivity index (χ4n) is 1.41. The molecule has 0 unspecified atom stereocenters. The maximum absolute atomic E-state index is 5.65. The number of benzene rings is 1. The van der Waals surface area contributed by atoms with Crippen molar-refractivity contribution in [3.63, 3.8) is 0 Å². The van der Waals surface area contributed by atoms with Gasteiger partial charge in [0.25, 0.3) is 0 Å². The number of rotatable bonds is 4. The zero-order chi connectivity index (χ0) is 12.3. The van der Waals surface area contributed by atoms with Crippen LogP contribution in [-0.4, -0.2) is 14.9 Å². The van der Waals surface area contributed by atoms with Crippen LogP contribution in [0, 0.1) is 4.77 Å². The van der Waals surface area contributed by atoms with Crippen LogP contribution >= 0.6 is 12.2 Å². The Morgan fingerprint density at radius 2 is 2.12 bits per heavy atom. The number of nitrogens with one attached hydrogen (secondary N) is 1. The maximum Gasteiger partial charge on any atom is 0.214 e. The van der Waals surface area contributed by atoms with Crippen molar-refractivity contribution < 1.29 is 4.74 Å². The third kappa shape index (κ3) is 2.65. The first kappa shape index (κ1) is 11.7. The maximum atomic E-state index is 5.65. The number of aromatic nitrogens is 3. The van der Waals surface area contributed by atoms with E-state index in [4.69, 9.17) is 22.8 Å². The monoisotopic (exact) mass is 250 g/mol. The Hall–Kier alpha value is -1.82. The predicted molar refractivity (Wildman–Crippen MR) is 67.7 cm³/mol. The Morgan fingerprint density at radius 3 is 2.65 bits per heavy atom. The summed E-state index contributed by atoms with van der Waals surface area (Å²) in [6, 6.07) is 7.94. The minimum Gasteiger partial charge on any atom is -0.486 e. The standard InChI is InChI=1S/C11H14N4OS/c1-2-8-3-5-9(6-4-8)16-7-10-13-14-11(17)15(10)12/h3-6H,2,7,12H2,1H3,(H,14,17). The van der Waals surface area contributed by atoms with E-state index in [1.807, 2.05) is 24.3 Å². The molecule has 0 aliphatic carbocycles. The molecule has 0 saturated carbocycles. The molecular formula is C11H14N4OS.